The highest BCUT2D eigenvalue weighted by Crippen LogP contribution is 2.25. The number of benzene rings is 1. The van der Waals surface area contributed by atoms with E-state index in [1.165, 1.54) is 6.39 Å². The van der Waals surface area contributed by atoms with Crippen LogP contribution in [0.3, 0.4) is 0 Å². The molecule has 78 valence electrons. The molecule has 0 aliphatic carbocycles. The Bertz CT molecular complexity index is 475. The fourth-order valence-corrected chi connectivity index (χ4v) is 1.92. The van der Waals surface area contributed by atoms with Crippen LogP contribution in [-0.2, 0) is 0 Å². The molecule has 4 nitrogen and oxygen atoms in total. The fraction of sp³-hybridized carbons (Fsp3) is 0.364. The summed E-state index contributed by atoms with van der Waals surface area (Å²) in [5.41, 5.74) is 8.99. The summed E-state index contributed by atoms with van der Waals surface area (Å²) in [4.78, 5) is 4.08. The summed E-state index contributed by atoms with van der Waals surface area (Å²) in [5.74, 6) is 0.547. The van der Waals surface area contributed by atoms with Crippen LogP contribution in [-0.4, -0.2) is 18.1 Å². The van der Waals surface area contributed by atoms with Crippen molar-refractivity contribution in [3.63, 3.8) is 0 Å². The summed E-state index contributed by atoms with van der Waals surface area (Å²) < 4.78 is 5.26. The zero-order chi connectivity index (χ0) is 10.3. The van der Waals surface area contributed by atoms with Gasteiger partial charge in [-0.05, 0) is 17.7 Å². The third-order valence-corrected chi connectivity index (χ3v) is 3.06. The number of nitrogens with one attached hydrogen (secondary N) is 1. The monoisotopic (exact) mass is 203 g/mol. The molecule has 0 spiro atoms. The SMILES string of the molecule is NC(c1ccc2ncoc2c1)C1CNC1. The molecular weight excluding hydrogens is 190 g/mol. The van der Waals surface area contributed by atoms with E-state index in [9.17, 15) is 0 Å². The number of nitrogens with two attached hydrogens (primary N) is 1. The molecule has 1 aromatic carbocycles. The lowest BCUT2D eigenvalue weighted by Crippen LogP contribution is -2.47. The Morgan fingerprint density at radius 1 is 1.47 bits per heavy atom. The van der Waals surface area contributed by atoms with Gasteiger partial charge in [-0.3, -0.25) is 0 Å². The Morgan fingerprint density at radius 3 is 3.07 bits per heavy atom. The zero-order valence-electron chi connectivity index (χ0n) is 8.31. The van der Waals surface area contributed by atoms with Crippen LogP contribution >= 0.6 is 0 Å². The van der Waals surface area contributed by atoms with Crippen molar-refractivity contribution in [1.29, 1.82) is 0 Å². The van der Waals surface area contributed by atoms with Crippen LogP contribution in [0.2, 0.25) is 0 Å². The summed E-state index contributed by atoms with van der Waals surface area (Å²) in [6.45, 7) is 2.02. The van der Waals surface area contributed by atoms with Crippen LogP contribution in [0.15, 0.2) is 29.0 Å². The van der Waals surface area contributed by atoms with Gasteiger partial charge in [0.2, 0.25) is 0 Å². The zero-order valence-corrected chi connectivity index (χ0v) is 8.31. The lowest BCUT2D eigenvalue weighted by atomic mass is 9.89. The molecule has 1 atom stereocenters. The van der Waals surface area contributed by atoms with Crippen molar-refractivity contribution in [3.8, 4) is 0 Å². The number of hydrogen-bond donors (Lipinski definition) is 2. The maximum atomic E-state index is 6.16. The number of fused-ring (bicyclic) bond motifs is 1. The largest absolute Gasteiger partial charge is 0.443 e. The summed E-state index contributed by atoms with van der Waals surface area (Å²) >= 11 is 0. The van der Waals surface area contributed by atoms with Crippen molar-refractivity contribution >= 4 is 11.1 Å². The minimum atomic E-state index is 0.0979. The molecule has 2 heterocycles. The van der Waals surface area contributed by atoms with Crippen LogP contribution in [0.5, 0.6) is 0 Å². The molecule has 1 fully saturated rings. The lowest BCUT2D eigenvalue weighted by molar-refractivity contribution is 0.295. The molecule has 1 aromatic heterocycles. The highest BCUT2D eigenvalue weighted by atomic mass is 16.3. The predicted octanol–water partition coefficient (Wildman–Crippen LogP) is 1.05. The van der Waals surface area contributed by atoms with E-state index in [0.717, 1.165) is 29.8 Å². The van der Waals surface area contributed by atoms with Gasteiger partial charge in [0.05, 0.1) is 0 Å². The number of nitrogens with zero attached hydrogens (tertiary/aromatic N) is 1. The molecule has 3 N–H and O–H groups in total. The average molecular weight is 203 g/mol. The molecule has 15 heavy (non-hydrogen) atoms. The van der Waals surface area contributed by atoms with Crippen molar-refractivity contribution in [2.24, 2.45) is 11.7 Å². The second-order valence-corrected chi connectivity index (χ2v) is 4.02. The van der Waals surface area contributed by atoms with Crippen LogP contribution in [0, 0.1) is 5.92 Å². The topological polar surface area (TPSA) is 64.1 Å². The second-order valence-electron chi connectivity index (χ2n) is 4.02. The summed E-state index contributed by atoms with van der Waals surface area (Å²) in [6.07, 6.45) is 1.46. The van der Waals surface area contributed by atoms with E-state index in [4.69, 9.17) is 10.2 Å². The van der Waals surface area contributed by atoms with Crippen LogP contribution < -0.4 is 11.1 Å². The van der Waals surface area contributed by atoms with E-state index >= 15 is 0 Å². The highest BCUT2D eigenvalue weighted by Gasteiger charge is 2.25. The molecule has 0 saturated carbocycles. The third kappa shape index (κ3) is 1.42. The highest BCUT2D eigenvalue weighted by molar-refractivity contribution is 5.72. The normalized spacial score (nSPS) is 19.0. The third-order valence-electron chi connectivity index (χ3n) is 3.06. The van der Waals surface area contributed by atoms with Crippen LogP contribution in [0.4, 0.5) is 0 Å². The summed E-state index contributed by atoms with van der Waals surface area (Å²) in [5, 5.41) is 3.23. The van der Waals surface area contributed by atoms with Gasteiger partial charge in [0, 0.05) is 25.0 Å². The maximum absolute atomic E-state index is 6.16. The Kier molecular flexibility index (Phi) is 1.97. The summed E-state index contributed by atoms with van der Waals surface area (Å²) in [7, 11) is 0. The van der Waals surface area contributed by atoms with Crippen LogP contribution in [0.25, 0.3) is 11.1 Å². The van der Waals surface area contributed by atoms with Gasteiger partial charge < -0.3 is 15.5 Å². The smallest absolute Gasteiger partial charge is 0.181 e. The quantitative estimate of drug-likeness (QED) is 0.765. The van der Waals surface area contributed by atoms with Crippen molar-refractivity contribution in [2.75, 3.05) is 13.1 Å². The molecule has 4 heteroatoms. The molecule has 1 saturated heterocycles. The molecule has 1 unspecified atom stereocenters. The van der Waals surface area contributed by atoms with E-state index in [1.807, 2.05) is 18.2 Å². The van der Waals surface area contributed by atoms with E-state index in [-0.39, 0.29) is 6.04 Å². The standard InChI is InChI=1S/C11H13N3O/c12-11(8-4-13-5-8)7-1-2-9-10(3-7)15-6-14-9/h1-3,6,8,11,13H,4-5,12H2. The first-order valence-corrected chi connectivity index (χ1v) is 5.14. The molecule has 0 bridgehead atoms. The van der Waals surface area contributed by atoms with E-state index < -0.39 is 0 Å². The van der Waals surface area contributed by atoms with Crippen molar-refractivity contribution in [1.82, 2.24) is 10.3 Å². The first-order valence-electron chi connectivity index (χ1n) is 5.14. The van der Waals surface area contributed by atoms with Crippen molar-refractivity contribution in [2.45, 2.75) is 6.04 Å². The van der Waals surface area contributed by atoms with Gasteiger partial charge >= 0.3 is 0 Å². The van der Waals surface area contributed by atoms with Gasteiger partial charge in [-0.2, -0.15) is 0 Å². The number of oxazole rings is 1. The maximum Gasteiger partial charge on any atom is 0.181 e. The molecule has 3 rings (SSSR count). The van der Waals surface area contributed by atoms with Gasteiger partial charge in [-0.25, -0.2) is 4.98 Å². The Balaban J connectivity index is 1.95. The van der Waals surface area contributed by atoms with Crippen molar-refractivity contribution < 1.29 is 4.42 Å². The van der Waals surface area contributed by atoms with E-state index in [0.29, 0.717) is 5.92 Å². The second kappa shape index (κ2) is 3.32. The number of aromatic nitrogens is 1. The van der Waals surface area contributed by atoms with Gasteiger partial charge in [0.25, 0.3) is 0 Å². The van der Waals surface area contributed by atoms with Crippen molar-refractivity contribution in [3.05, 3.63) is 30.2 Å². The van der Waals surface area contributed by atoms with Crippen LogP contribution in [0.1, 0.15) is 11.6 Å². The molecule has 1 aliphatic rings. The molecular formula is C11H13N3O. The Labute approximate surface area is 87.5 Å². The summed E-state index contributed by atoms with van der Waals surface area (Å²) in [6, 6.07) is 6.08. The minimum absolute atomic E-state index is 0.0979. The average Bonchev–Trinajstić information content (AvgIpc) is 2.61. The Hall–Kier alpha value is -1.39. The lowest BCUT2D eigenvalue weighted by Gasteiger charge is -2.32. The Morgan fingerprint density at radius 2 is 2.33 bits per heavy atom. The van der Waals surface area contributed by atoms with Gasteiger partial charge in [-0.1, -0.05) is 6.07 Å². The first kappa shape index (κ1) is 8.88. The minimum Gasteiger partial charge on any atom is -0.443 e. The number of hydrogen-bond acceptors (Lipinski definition) is 4. The van der Waals surface area contributed by atoms with E-state index in [2.05, 4.69) is 10.3 Å². The molecule has 0 radical (unpaired) electrons. The van der Waals surface area contributed by atoms with E-state index in [1.54, 1.807) is 0 Å². The fourth-order valence-electron chi connectivity index (χ4n) is 1.92. The van der Waals surface area contributed by atoms with Gasteiger partial charge in [0.15, 0.2) is 12.0 Å². The first-order chi connectivity index (χ1) is 7.34. The number of rotatable bonds is 2. The predicted molar refractivity (Wildman–Crippen MR) is 57.3 cm³/mol. The molecule has 0 amide bonds. The van der Waals surface area contributed by atoms with Gasteiger partial charge in [-0.15, -0.1) is 0 Å². The van der Waals surface area contributed by atoms with Gasteiger partial charge in [0.1, 0.15) is 5.52 Å². The molecule has 1 aliphatic heterocycles. The molecule has 2 aromatic rings.